The highest BCUT2D eigenvalue weighted by Gasteiger charge is 2.16. The summed E-state index contributed by atoms with van der Waals surface area (Å²) in [6, 6.07) is 12.9. The Bertz CT molecular complexity index is 1280. The van der Waals surface area contributed by atoms with E-state index in [1.807, 2.05) is 43.3 Å². The highest BCUT2D eigenvalue weighted by atomic mass is 79.9. The number of aliphatic carboxylic acids is 1. The van der Waals surface area contributed by atoms with Gasteiger partial charge in [-0.3, -0.25) is 9.59 Å². The van der Waals surface area contributed by atoms with Crippen LogP contribution in [0.25, 0.3) is 27.8 Å². The predicted octanol–water partition coefficient (Wildman–Crippen LogP) is 3.39. The number of benzene rings is 2. The van der Waals surface area contributed by atoms with Crippen LogP contribution < -0.4 is 5.56 Å². The van der Waals surface area contributed by atoms with E-state index >= 15 is 0 Å². The van der Waals surface area contributed by atoms with Crippen LogP contribution >= 0.6 is 15.9 Å². The largest absolute Gasteiger partial charge is 0.481 e. The number of aromatic nitrogens is 4. The summed E-state index contributed by atoms with van der Waals surface area (Å²) in [7, 11) is 0. The molecule has 2 aromatic heterocycles. The molecular formula is C20H15BrN4O3. The Morgan fingerprint density at radius 1 is 1.14 bits per heavy atom. The van der Waals surface area contributed by atoms with E-state index in [0.29, 0.717) is 27.9 Å². The summed E-state index contributed by atoms with van der Waals surface area (Å²) in [5.41, 5.74) is 2.45. The molecule has 0 aliphatic rings. The molecule has 0 spiro atoms. The van der Waals surface area contributed by atoms with Gasteiger partial charge in [-0.15, -0.1) is 0 Å². The van der Waals surface area contributed by atoms with Crippen molar-refractivity contribution in [2.24, 2.45) is 0 Å². The van der Waals surface area contributed by atoms with E-state index in [2.05, 4.69) is 31.0 Å². The van der Waals surface area contributed by atoms with E-state index < -0.39 is 11.5 Å². The molecule has 8 heteroatoms. The van der Waals surface area contributed by atoms with E-state index in [1.54, 1.807) is 6.07 Å². The highest BCUT2D eigenvalue weighted by molar-refractivity contribution is 9.10. The number of hydrogen-bond donors (Lipinski definition) is 1. The van der Waals surface area contributed by atoms with Gasteiger partial charge in [0.05, 0.1) is 11.9 Å². The summed E-state index contributed by atoms with van der Waals surface area (Å²) < 4.78 is 2.30. The first-order chi connectivity index (χ1) is 13.4. The Hall–Kier alpha value is -3.13. The Morgan fingerprint density at radius 3 is 2.61 bits per heavy atom. The minimum absolute atomic E-state index is 0.0994. The van der Waals surface area contributed by atoms with Crippen LogP contribution in [0.15, 0.2) is 51.7 Å². The van der Waals surface area contributed by atoms with E-state index in [-0.39, 0.29) is 18.5 Å². The molecule has 0 amide bonds. The zero-order valence-corrected chi connectivity index (χ0v) is 16.5. The van der Waals surface area contributed by atoms with Gasteiger partial charge < -0.3 is 5.11 Å². The zero-order chi connectivity index (χ0) is 19.8. The number of nitrogens with zero attached hydrogens (tertiary/aromatic N) is 4. The smallest absolute Gasteiger partial charge is 0.303 e. The Labute approximate surface area is 167 Å². The maximum absolute atomic E-state index is 12.7. The van der Waals surface area contributed by atoms with Crippen molar-refractivity contribution in [2.45, 2.75) is 19.8 Å². The van der Waals surface area contributed by atoms with Gasteiger partial charge >= 0.3 is 5.97 Å². The van der Waals surface area contributed by atoms with Crippen molar-refractivity contribution < 1.29 is 9.90 Å². The average Bonchev–Trinajstić information content (AvgIpc) is 2.67. The molecule has 4 rings (SSSR count). The van der Waals surface area contributed by atoms with Gasteiger partial charge in [0, 0.05) is 21.8 Å². The lowest BCUT2D eigenvalue weighted by molar-refractivity contribution is -0.137. The SMILES string of the molecule is Cc1ccc(-c2nn3c(CCC(=O)O)nc4ccc(Br)cc4c3nc2=O)cc1. The van der Waals surface area contributed by atoms with Gasteiger partial charge in [-0.05, 0) is 25.1 Å². The van der Waals surface area contributed by atoms with Gasteiger partial charge in [-0.25, -0.2) is 4.98 Å². The summed E-state index contributed by atoms with van der Waals surface area (Å²) >= 11 is 3.42. The monoisotopic (exact) mass is 438 g/mol. The van der Waals surface area contributed by atoms with Crippen molar-refractivity contribution in [1.82, 2.24) is 19.6 Å². The predicted molar refractivity (Wildman–Crippen MR) is 108 cm³/mol. The van der Waals surface area contributed by atoms with Gasteiger partial charge in [-0.1, -0.05) is 45.8 Å². The van der Waals surface area contributed by atoms with Crippen LogP contribution in [0.4, 0.5) is 0 Å². The summed E-state index contributed by atoms with van der Waals surface area (Å²) in [4.78, 5) is 32.6. The molecule has 0 aliphatic heterocycles. The summed E-state index contributed by atoms with van der Waals surface area (Å²) in [5, 5.41) is 14.2. The third-order valence-electron chi connectivity index (χ3n) is 4.39. The van der Waals surface area contributed by atoms with Crippen LogP contribution in [-0.2, 0) is 11.2 Å². The third-order valence-corrected chi connectivity index (χ3v) is 4.88. The molecule has 0 aliphatic carbocycles. The number of carboxylic acids is 1. The molecule has 7 nitrogen and oxygen atoms in total. The molecule has 140 valence electrons. The lowest BCUT2D eigenvalue weighted by Gasteiger charge is -2.11. The number of hydrogen-bond acceptors (Lipinski definition) is 5. The highest BCUT2D eigenvalue weighted by Crippen LogP contribution is 2.23. The van der Waals surface area contributed by atoms with E-state index in [0.717, 1.165) is 10.0 Å². The topological polar surface area (TPSA) is 97.5 Å². The number of aryl methyl sites for hydroxylation is 2. The van der Waals surface area contributed by atoms with E-state index in [9.17, 15) is 9.59 Å². The minimum Gasteiger partial charge on any atom is -0.481 e. The molecule has 0 radical (unpaired) electrons. The minimum atomic E-state index is -0.932. The summed E-state index contributed by atoms with van der Waals surface area (Å²) in [6.45, 7) is 1.96. The van der Waals surface area contributed by atoms with Gasteiger partial charge in [0.15, 0.2) is 11.3 Å². The number of rotatable bonds is 4. The molecule has 28 heavy (non-hydrogen) atoms. The lowest BCUT2D eigenvalue weighted by Crippen LogP contribution is -2.19. The fourth-order valence-electron chi connectivity index (χ4n) is 2.99. The van der Waals surface area contributed by atoms with E-state index in [4.69, 9.17) is 5.11 Å². The normalized spacial score (nSPS) is 11.2. The van der Waals surface area contributed by atoms with Crippen molar-refractivity contribution in [1.29, 1.82) is 0 Å². The Kier molecular flexibility index (Phi) is 4.64. The molecule has 4 aromatic rings. The molecule has 0 saturated carbocycles. The van der Waals surface area contributed by atoms with Crippen LogP contribution in [0.3, 0.4) is 0 Å². The molecule has 0 unspecified atom stereocenters. The molecule has 0 saturated heterocycles. The van der Waals surface area contributed by atoms with Gasteiger partial charge in [0.2, 0.25) is 0 Å². The first kappa shape index (κ1) is 18.2. The molecule has 0 fully saturated rings. The third kappa shape index (κ3) is 3.38. The molecule has 1 N–H and O–H groups in total. The van der Waals surface area contributed by atoms with Crippen molar-refractivity contribution in [3.8, 4) is 11.3 Å². The van der Waals surface area contributed by atoms with Crippen LogP contribution in [0.2, 0.25) is 0 Å². The van der Waals surface area contributed by atoms with Gasteiger partial charge in [0.25, 0.3) is 5.56 Å². The quantitative estimate of drug-likeness (QED) is 0.490. The second kappa shape index (κ2) is 7.12. The van der Waals surface area contributed by atoms with Crippen molar-refractivity contribution in [3.05, 3.63) is 68.7 Å². The Balaban J connectivity index is 2.03. The number of fused-ring (bicyclic) bond motifs is 3. The fraction of sp³-hybridized carbons (Fsp3) is 0.150. The molecule has 2 aromatic carbocycles. The number of carboxylic acid groups (broad SMARTS) is 1. The van der Waals surface area contributed by atoms with Crippen LogP contribution in [0.1, 0.15) is 17.8 Å². The molecule has 0 bridgehead atoms. The van der Waals surface area contributed by atoms with Crippen molar-refractivity contribution >= 4 is 38.4 Å². The summed E-state index contributed by atoms with van der Waals surface area (Å²) in [5.74, 6) is -0.494. The van der Waals surface area contributed by atoms with Crippen LogP contribution in [0, 0.1) is 6.92 Å². The molecule has 2 heterocycles. The average molecular weight is 439 g/mol. The van der Waals surface area contributed by atoms with E-state index in [1.165, 1.54) is 4.52 Å². The van der Waals surface area contributed by atoms with Crippen molar-refractivity contribution in [3.63, 3.8) is 0 Å². The second-order valence-corrected chi connectivity index (χ2v) is 7.37. The van der Waals surface area contributed by atoms with Gasteiger partial charge in [-0.2, -0.15) is 14.6 Å². The summed E-state index contributed by atoms with van der Waals surface area (Å²) in [6.07, 6.45) is 0.0700. The first-order valence-corrected chi connectivity index (χ1v) is 9.40. The standard InChI is InChI=1S/C20H15BrN4O3/c1-11-2-4-12(5-3-11)18-20(28)23-19-14-10-13(21)6-7-15(14)22-16(25(19)24-18)8-9-17(26)27/h2-7,10H,8-9H2,1H3,(H,26,27). The van der Waals surface area contributed by atoms with Crippen molar-refractivity contribution in [2.75, 3.05) is 0 Å². The maximum atomic E-state index is 12.7. The fourth-order valence-corrected chi connectivity index (χ4v) is 3.35. The number of halogens is 1. The maximum Gasteiger partial charge on any atom is 0.303 e. The van der Waals surface area contributed by atoms with Crippen LogP contribution in [-0.4, -0.2) is 30.7 Å². The first-order valence-electron chi connectivity index (χ1n) is 8.60. The molecular weight excluding hydrogens is 424 g/mol. The second-order valence-electron chi connectivity index (χ2n) is 6.45. The molecule has 0 atom stereocenters. The van der Waals surface area contributed by atoms with Gasteiger partial charge in [0.1, 0.15) is 5.82 Å². The lowest BCUT2D eigenvalue weighted by atomic mass is 10.1. The Morgan fingerprint density at radius 2 is 1.89 bits per heavy atom. The number of carbonyl (C=O) groups is 1. The van der Waals surface area contributed by atoms with Crippen LogP contribution in [0.5, 0.6) is 0 Å². The zero-order valence-electron chi connectivity index (χ0n) is 14.9.